The number of aromatic hydroxyl groups is 1. The number of aliphatic imine (C=N–C) groups is 1. The topological polar surface area (TPSA) is 41.8 Å². The number of ether oxygens (including phenoxy) is 1. The minimum Gasteiger partial charge on any atom is -0.504 e. The maximum absolute atomic E-state index is 13.7. The first kappa shape index (κ1) is 15.9. The molecule has 5 heteroatoms. The molecule has 0 unspecified atom stereocenters. The SMILES string of the molecule is CCOc1cccc(C=N[C@H](C)c2ccc(F)cc2F)c1O. The molecule has 1 N–H and O–H groups in total. The maximum atomic E-state index is 13.7. The Morgan fingerprint density at radius 2 is 2.05 bits per heavy atom. The normalized spacial score (nSPS) is 12.5. The van der Waals surface area contributed by atoms with E-state index in [9.17, 15) is 13.9 Å². The van der Waals surface area contributed by atoms with Crippen LogP contribution in [0.1, 0.15) is 31.0 Å². The average molecular weight is 305 g/mol. The molecule has 2 aromatic carbocycles. The van der Waals surface area contributed by atoms with Crippen molar-refractivity contribution >= 4 is 6.21 Å². The molecule has 0 aliphatic heterocycles. The predicted octanol–water partition coefficient (Wildman–Crippen LogP) is 4.25. The molecular formula is C17H17F2NO2. The molecule has 0 amide bonds. The molecule has 2 rings (SSSR count). The van der Waals surface area contributed by atoms with Crippen LogP contribution in [0.2, 0.25) is 0 Å². The Morgan fingerprint density at radius 1 is 1.27 bits per heavy atom. The summed E-state index contributed by atoms with van der Waals surface area (Å²) < 4.78 is 31.9. The van der Waals surface area contributed by atoms with Crippen molar-refractivity contribution in [1.29, 1.82) is 0 Å². The molecule has 0 fully saturated rings. The Kier molecular flexibility index (Phi) is 5.09. The Morgan fingerprint density at radius 3 is 2.73 bits per heavy atom. The van der Waals surface area contributed by atoms with E-state index >= 15 is 0 Å². The highest BCUT2D eigenvalue weighted by Crippen LogP contribution is 2.29. The quantitative estimate of drug-likeness (QED) is 0.839. The highest BCUT2D eigenvalue weighted by molar-refractivity contribution is 5.85. The van der Waals surface area contributed by atoms with Gasteiger partial charge in [-0.2, -0.15) is 0 Å². The molecule has 0 heterocycles. The number of rotatable bonds is 5. The third kappa shape index (κ3) is 3.61. The van der Waals surface area contributed by atoms with Crippen molar-refractivity contribution in [2.75, 3.05) is 6.61 Å². The van der Waals surface area contributed by atoms with Gasteiger partial charge in [-0.25, -0.2) is 8.78 Å². The summed E-state index contributed by atoms with van der Waals surface area (Å²) in [6, 6.07) is 7.94. The lowest BCUT2D eigenvalue weighted by Gasteiger charge is -2.09. The van der Waals surface area contributed by atoms with Crippen LogP contribution in [-0.2, 0) is 0 Å². The standard InChI is InChI=1S/C17H17F2NO2/c1-3-22-16-6-4-5-12(17(16)21)10-20-11(2)14-8-7-13(18)9-15(14)19/h4-11,21H,3H2,1-2H3/t11-/m1/s1. The molecule has 0 spiro atoms. The highest BCUT2D eigenvalue weighted by atomic mass is 19.1. The van der Waals surface area contributed by atoms with Crippen molar-refractivity contribution in [2.24, 2.45) is 4.99 Å². The van der Waals surface area contributed by atoms with Crippen molar-refractivity contribution in [3.8, 4) is 11.5 Å². The molecular weight excluding hydrogens is 288 g/mol. The lowest BCUT2D eigenvalue weighted by Crippen LogP contribution is -1.97. The van der Waals surface area contributed by atoms with Gasteiger partial charge in [0.1, 0.15) is 11.6 Å². The van der Waals surface area contributed by atoms with Gasteiger partial charge in [0, 0.05) is 23.4 Å². The molecule has 0 aromatic heterocycles. The molecule has 22 heavy (non-hydrogen) atoms. The van der Waals surface area contributed by atoms with Crippen molar-refractivity contribution in [3.63, 3.8) is 0 Å². The second-order valence-corrected chi connectivity index (χ2v) is 4.75. The summed E-state index contributed by atoms with van der Waals surface area (Å²) in [4.78, 5) is 4.21. The summed E-state index contributed by atoms with van der Waals surface area (Å²) in [5, 5.41) is 10.1. The van der Waals surface area contributed by atoms with Crippen LogP contribution in [0.15, 0.2) is 41.4 Å². The van der Waals surface area contributed by atoms with Crippen molar-refractivity contribution in [2.45, 2.75) is 19.9 Å². The third-order valence-corrected chi connectivity index (χ3v) is 3.18. The Hall–Kier alpha value is -2.43. The Labute approximate surface area is 127 Å². The maximum Gasteiger partial charge on any atom is 0.166 e. The lowest BCUT2D eigenvalue weighted by atomic mass is 10.1. The molecule has 0 saturated heterocycles. The monoisotopic (exact) mass is 305 g/mol. The molecule has 1 atom stereocenters. The molecule has 0 bridgehead atoms. The smallest absolute Gasteiger partial charge is 0.166 e. The van der Waals surface area contributed by atoms with Crippen molar-refractivity contribution in [3.05, 3.63) is 59.2 Å². The first-order valence-corrected chi connectivity index (χ1v) is 6.95. The number of nitrogens with zero attached hydrogens (tertiary/aromatic N) is 1. The zero-order valence-corrected chi connectivity index (χ0v) is 12.4. The fourth-order valence-corrected chi connectivity index (χ4v) is 2.03. The molecule has 0 saturated carbocycles. The molecule has 116 valence electrons. The van der Waals surface area contributed by atoms with E-state index in [4.69, 9.17) is 4.74 Å². The second kappa shape index (κ2) is 7.02. The Bertz CT molecular complexity index is 686. The largest absolute Gasteiger partial charge is 0.504 e. The van der Waals surface area contributed by atoms with Crippen LogP contribution in [0.5, 0.6) is 11.5 Å². The summed E-state index contributed by atoms with van der Waals surface area (Å²) in [7, 11) is 0. The molecule has 0 aliphatic rings. The van der Waals surface area contributed by atoms with Crippen molar-refractivity contribution in [1.82, 2.24) is 0 Å². The van der Waals surface area contributed by atoms with Gasteiger partial charge in [-0.3, -0.25) is 4.99 Å². The second-order valence-electron chi connectivity index (χ2n) is 4.75. The van der Waals surface area contributed by atoms with E-state index in [1.54, 1.807) is 25.1 Å². The van der Waals surface area contributed by atoms with E-state index in [-0.39, 0.29) is 11.3 Å². The average Bonchev–Trinajstić information content (AvgIpc) is 2.48. The van der Waals surface area contributed by atoms with E-state index in [1.165, 1.54) is 18.3 Å². The van der Waals surface area contributed by atoms with Gasteiger partial charge >= 0.3 is 0 Å². The van der Waals surface area contributed by atoms with Gasteiger partial charge in [0.05, 0.1) is 12.6 Å². The number of halogens is 2. The number of hydrogen-bond acceptors (Lipinski definition) is 3. The van der Waals surface area contributed by atoms with Crippen LogP contribution < -0.4 is 4.74 Å². The van der Waals surface area contributed by atoms with Crippen molar-refractivity contribution < 1.29 is 18.6 Å². The van der Waals surface area contributed by atoms with E-state index in [0.29, 0.717) is 17.9 Å². The minimum absolute atomic E-state index is 0.0140. The number of hydrogen-bond donors (Lipinski definition) is 1. The lowest BCUT2D eigenvalue weighted by molar-refractivity contribution is 0.318. The predicted molar refractivity (Wildman–Crippen MR) is 81.6 cm³/mol. The van der Waals surface area contributed by atoms with E-state index < -0.39 is 17.7 Å². The minimum atomic E-state index is -0.642. The van der Waals surface area contributed by atoms with Gasteiger partial charge in [-0.1, -0.05) is 12.1 Å². The summed E-state index contributed by atoms with van der Waals surface area (Å²) in [6.45, 7) is 3.95. The molecule has 2 aromatic rings. The van der Waals surface area contributed by atoms with Gasteiger partial charge in [0.2, 0.25) is 0 Å². The van der Waals surface area contributed by atoms with Gasteiger partial charge in [0.25, 0.3) is 0 Å². The van der Waals surface area contributed by atoms with Crippen LogP contribution in [0, 0.1) is 11.6 Å². The third-order valence-electron chi connectivity index (χ3n) is 3.18. The van der Waals surface area contributed by atoms with E-state index in [1.807, 2.05) is 6.92 Å². The van der Waals surface area contributed by atoms with Crippen LogP contribution in [0.3, 0.4) is 0 Å². The molecule has 0 aliphatic carbocycles. The van der Waals surface area contributed by atoms with E-state index in [0.717, 1.165) is 6.07 Å². The van der Waals surface area contributed by atoms with Crippen LogP contribution >= 0.6 is 0 Å². The summed E-state index contributed by atoms with van der Waals surface area (Å²) in [5.74, 6) is -0.914. The number of phenols is 1. The van der Waals surface area contributed by atoms with Gasteiger partial charge in [0.15, 0.2) is 11.5 Å². The highest BCUT2D eigenvalue weighted by Gasteiger charge is 2.11. The van der Waals surface area contributed by atoms with Gasteiger partial charge in [-0.15, -0.1) is 0 Å². The van der Waals surface area contributed by atoms with E-state index in [2.05, 4.69) is 4.99 Å². The molecule has 3 nitrogen and oxygen atoms in total. The zero-order chi connectivity index (χ0) is 16.1. The zero-order valence-electron chi connectivity index (χ0n) is 12.4. The number of phenolic OH excluding ortho intramolecular Hbond substituents is 1. The van der Waals surface area contributed by atoms with Gasteiger partial charge in [-0.05, 0) is 32.0 Å². The molecule has 0 radical (unpaired) electrons. The van der Waals surface area contributed by atoms with Crippen LogP contribution in [0.25, 0.3) is 0 Å². The first-order valence-electron chi connectivity index (χ1n) is 6.95. The number of benzene rings is 2. The summed E-state index contributed by atoms with van der Waals surface area (Å²) >= 11 is 0. The fraction of sp³-hybridized carbons (Fsp3) is 0.235. The summed E-state index contributed by atoms with van der Waals surface area (Å²) in [6.07, 6.45) is 1.45. The summed E-state index contributed by atoms with van der Waals surface area (Å²) in [5.41, 5.74) is 0.762. The van der Waals surface area contributed by atoms with Gasteiger partial charge < -0.3 is 9.84 Å². The first-order chi connectivity index (χ1) is 10.5. The van der Waals surface area contributed by atoms with Crippen LogP contribution in [-0.4, -0.2) is 17.9 Å². The fourth-order valence-electron chi connectivity index (χ4n) is 2.03. The number of para-hydroxylation sites is 1. The Balaban J connectivity index is 2.22. The van der Waals surface area contributed by atoms with Crippen LogP contribution in [0.4, 0.5) is 8.78 Å².